The summed E-state index contributed by atoms with van der Waals surface area (Å²) in [6, 6.07) is 5.30. The molecule has 0 amide bonds. The van der Waals surface area contributed by atoms with Crippen molar-refractivity contribution in [3.8, 4) is 0 Å². The molecule has 0 spiro atoms. The van der Waals surface area contributed by atoms with Crippen LogP contribution in [0.25, 0.3) is 0 Å². The standard InChI is InChI=1S/C12H18N2O3/c1-9-5-6-11(8-12(9)14(16)17)13-10(2)4-3-7-15/h5-6,8,10,13,15H,3-4,7H2,1-2H3. The predicted molar refractivity (Wildman–Crippen MR) is 67.2 cm³/mol. The smallest absolute Gasteiger partial charge is 0.274 e. The number of hydrogen-bond donors (Lipinski definition) is 2. The average molecular weight is 238 g/mol. The first-order chi connectivity index (χ1) is 8.04. The van der Waals surface area contributed by atoms with E-state index < -0.39 is 0 Å². The van der Waals surface area contributed by atoms with Crippen LogP contribution in [-0.4, -0.2) is 22.7 Å². The molecule has 17 heavy (non-hydrogen) atoms. The molecular formula is C12H18N2O3. The minimum absolute atomic E-state index is 0.129. The van der Waals surface area contributed by atoms with Gasteiger partial charge < -0.3 is 10.4 Å². The van der Waals surface area contributed by atoms with Gasteiger partial charge in [0.25, 0.3) is 5.69 Å². The summed E-state index contributed by atoms with van der Waals surface area (Å²) < 4.78 is 0. The zero-order valence-corrected chi connectivity index (χ0v) is 10.1. The van der Waals surface area contributed by atoms with E-state index in [0.29, 0.717) is 5.56 Å². The second kappa shape index (κ2) is 6.20. The molecule has 0 fully saturated rings. The van der Waals surface area contributed by atoms with E-state index in [9.17, 15) is 10.1 Å². The number of nitro benzene ring substituents is 1. The van der Waals surface area contributed by atoms with Crippen molar-refractivity contribution < 1.29 is 10.0 Å². The van der Waals surface area contributed by atoms with Crippen molar-refractivity contribution in [1.29, 1.82) is 0 Å². The van der Waals surface area contributed by atoms with E-state index in [1.165, 1.54) is 0 Å². The normalized spacial score (nSPS) is 12.2. The van der Waals surface area contributed by atoms with E-state index in [1.54, 1.807) is 19.1 Å². The second-order valence-corrected chi connectivity index (χ2v) is 4.17. The summed E-state index contributed by atoms with van der Waals surface area (Å²) in [5, 5.41) is 22.7. The van der Waals surface area contributed by atoms with Gasteiger partial charge in [-0.3, -0.25) is 10.1 Å². The lowest BCUT2D eigenvalue weighted by molar-refractivity contribution is -0.385. The quantitative estimate of drug-likeness (QED) is 0.589. The van der Waals surface area contributed by atoms with Crippen molar-refractivity contribution in [2.75, 3.05) is 11.9 Å². The minimum atomic E-state index is -0.376. The van der Waals surface area contributed by atoms with Crippen LogP contribution in [0.15, 0.2) is 18.2 Å². The molecule has 0 saturated carbocycles. The van der Waals surface area contributed by atoms with Gasteiger partial charge in [-0.1, -0.05) is 6.07 Å². The highest BCUT2D eigenvalue weighted by molar-refractivity contribution is 5.55. The van der Waals surface area contributed by atoms with Crippen LogP contribution in [-0.2, 0) is 0 Å². The van der Waals surface area contributed by atoms with E-state index in [4.69, 9.17) is 5.11 Å². The van der Waals surface area contributed by atoms with E-state index in [2.05, 4.69) is 5.32 Å². The Morgan fingerprint density at radius 2 is 2.24 bits per heavy atom. The summed E-state index contributed by atoms with van der Waals surface area (Å²) in [5.41, 5.74) is 1.53. The fourth-order valence-corrected chi connectivity index (χ4v) is 1.65. The number of benzene rings is 1. The number of rotatable bonds is 6. The first-order valence-corrected chi connectivity index (χ1v) is 5.67. The Bertz CT molecular complexity index is 393. The summed E-state index contributed by atoms with van der Waals surface area (Å²) in [5.74, 6) is 0. The lowest BCUT2D eigenvalue weighted by atomic mass is 10.1. The minimum Gasteiger partial charge on any atom is -0.396 e. The van der Waals surface area contributed by atoms with Crippen LogP contribution >= 0.6 is 0 Å². The number of aliphatic hydroxyl groups excluding tert-OH is 1. The van der Waals surface area contributed by atoms with Gasteiger partial charge in [-0.25, -0.2) is 0 Å². The van der Waals surface area contributed by atoms with Gasteiger partial charge in [0, 0.05) is 30.0 Å². The van der Waals surface area contributed by atoms with Crippen molar-refractivity contribution in [2.45, 2.75) is 32.7 Å². The molecule has 0 aliphatic heterocycles. The summed E-state index contributed by atoms with van der Waals surface area (Å²) in [6.45, 7) is 3.87. The first kappa shape index (κ1) is 13.4. The van der Waals surface area contributed by atoms with E-state index >= 15 is 0 Å². The number of nitrogens with zero attached hydrogens (tertiary/aromatic N) is 1. The summed E-state index contributed by atoms with van der Waals surface area (Å²) in [7, 11) is 0. The molecule has 1 rings (SSSR count). The van der Waals surface area contributed by atoms with Gasteiger partial charge in [-0.2, -0.15) is 0 Å². The van der Waals surface area contributed by atoms with Gasteiger partial charge in [0.15, 0.2) is 0 Å². The maximum Gasteiger partial charge on any atom is 0.274 e. The third kappa shape index (κ3) is 4.03. The molecule has 94 valence electrons. The molecule has 1 atom stereocenters. The third-order valence-electron chi connectivity index (χ3n) is 2.61. The number of hydrogen-bond acceptors (Lipinski definition) is 4. The van der Waals surface area contributed by atoms with Crippen molar-refractivity contribution in [1.82, 2.24) is 0 Å². The molecule has 2 N–H and O–H groups in total. The number of aliphatic hydroxyl groups is 1. The van der Waals surface area contributed by atoms with Gasteiger partial charge in [-0.15, -0.1) is 0 Å². The zero-order chi connectivity index (χ0) is 12.8. The Kier molecular flexibility index (Phi) is 4.90. The first-order valence-electron chi connectivity index (χ1n) is 5.67. The van der Waals surface area contributed by atoms with E-state index in [0.717, 1.165) is 18.5 Å². The van der Waals surface area contributed by atoms with Crippen LogP contribution < -0.4 is 5.32 Å². The van der Waals surface area contributed by atoms with Gasteiger partial charge in [0.2, 0.25) is 0 Å². The molecule has 0 heterocycles. The molecule has 0 aromatic heterocycles. The molecule has 0 aliphatic rings. The van der Waals surface area contributed by atoms with Crippen LogP contribution in [0.5, 0.6) is 0 Å². The topological polar surface area (TPSA) is 75.4 Å². The number of aryl methyl sites for hydroxylation is 1. The molecule has 0 radical (unpaired) electrons. The molecule has 1 unspecified atom stereocenters. The molecule has 1 aromatic carbocycles. The highest BCUT2D eigenvalue weighted by atomic mass is 16.6. The lowest BCUT2D eigenvalue weighted by Gasteiger charge is -2.14. The third-order valence-corrected chi connectivity index (χ3v) is 2.61. The predicted octanol–water partition coefficient (Wildman–Crippen LogP) is 2.48. The molecule has 5 nitrogen and oxygen atoms in total. The SMILES string of the molecule is Cc1ccc(NC(C)CCCO)cc1[N+](=O)[O-]. The van der Waals surface area contributed by atoms with E-state index in [-0.39, 0.29) is 23.3 Å². The summed E-state index contributed by atoms with van der Waals surface area (Å²) in [4.78, 5) is 10.4. The lowest BCUT2D eigenvalue weighted by Crippen LogP contribution is -2.15. The Hall–Kier alpha value is -1.62. The molecule has 0 bridgehead atoms. The fraction of sp³-hybridized carbons (Fsp3) is 0.500. The Morgan fingerprint density at radius 3 is 2.82 bits per heavy atom. The van der Waals surface area contributed by atoms with Gasteiger partial charge in [0.05, 0.1) is 4.92 Å². The number of nitro groups is 1. The Labute approximate surface area is 101 Å². The summed E-state index contributed by atoms with van der Waals surface area (Å²) in [6.07, 6.45) is 1.56. The molecular weight excluding hydrogens is 220 g/mol. The highest BCUT2D eigenvalue weighted by Crippen LogP contribution is 2.23. The molecule has 1 aromatic rings. The van der Waals surface area contributed by atoms with Crippen LogP contribution in [0.4, 0.5) is 11.4 Å². The Morgan fingerprint density at radius 1 is 1.53 bits per heavy atom. The van der Waals surface area contributed by atoms with Crippen molar-refractivity contribution in [2.24, 2.45) is 0 Å². The summed E-state index contributed by atoms with van der Waals surface area (Å²) >= 11 is 0. The molecule has 0 saturated heterocycles. The number of anilines is 1. The van der Waals surface area contributed by atoms with Crippen molar-refractivity contribution in [3.63, 3.8) is 0 Å². The fourth-order valence-electron chi connectivity index (χ4n) is 1.65. The van der Waals surface area contributed by atoms with Crippen LogP contribution in [0.1, 0.15) is 25.3 Å². The molecule has 0 aliphatic carbocycles. The largest absolute Gasteiger partial charge is 0.396 e. The highest BCUT2D eigenvalue weighted by Gasteiger charge is 2.11. The Balaban J connectivity index is 2.72. The van der Waals surface area contributed by atoms with Crippen LogP contribution in [0, 0.1) is 17.0 Å². The number of nitrogens with one attached hydrogen (secondary N) is 1. The van der Waals surface area contributed by atoms with Crippen LogP contribution in [0.3, 0.4) is 0 Å². The van der Waals surface area contributed by atoms with Crippen molar-refractivity contribution >= 4 is 11.4 Å². The van der Waals surface area contributed by atoms with Gasteiger partial charge in [-0.05, 0) is 32.8 Å². The van der Waals surface area contributed by atoms with Crippen LogP contribution in [0.2, 0.25) is 0 Å². The van der Waals surface area contributed by atoms with Gasteiger partial charge >= 0.3 is 0 Å². The van der Waals surface area contributed by atoms with Gasteiger partial charge in [0.1, 0.15) is 0 Å². The van der Waals surface area contributed by atoms with E-state index in [1.807, 2.05) is 13.0 Å². The zero-order valence-electron chi connectivity index (χ0n) is 10.1. The monoisotopic (exact) mass is 238 g/mol. The maximum absolute atomic E-state index is 10.8. The van der Waals surface area contributed by atoms with Crippen molar-refractivity contribution in [3.05, 3.63) is 33.9 Å². The average Bonchev–Trinajstić information content (AvgIpc) is 2.28. The molecule has 5 heteroatoms. The maximum atomic E-state index is 10.8. The second-order valence-electron chi connectivity index (χ2n) is 4.17.